The van der Waals surface area contributed by atoms with Crippen molar-refractivity contribution >= 4 is 11.8 Å². The fraction of sp³-hybridized carbons (Fsp3) is 0.333. The van der Waals surface area contributed by atoms with Gasteiger partial charge in [-0.15, -0.1) is 0 Å². The van der Waals surface area contributed by atoms with Gasteiger partial charge in [-0.1, -0.05) is 42.5 Å². The van der Waals surface area contributed by atoms with Crippen molar-refractivity contribution in [3.63, 3.8) is 0 Å². The molecule has 2 aliphatic heterocycles. The second-order valence-corrected chi connectivity index (χ2v) is 6.95. The molecule has 2 fully saturated rings. The van der Waals surface area contributed by atoms with Gasteiger partial charge >= 0.3 is 0 Å². The number of nitrogens with one attached hydrogen (secondary N) is 1. The van der Waals surface area contributed by atoms with Gasteiger partial charge in [0.15, 0.2) is 0 Å². The first kappa shape index (κ1) is 16.6. The molecule has 2 saturated heterocycles. The van der Waals surface area contributed by atoms with Crippen LogP contribution in [-0.4, -0.2) is 35.8 Å². The third-order valence-corrected chi connectivity index (χ3v) is 5.17. The van der Waals surface area contributed by atoms with Gasteiger partial charge in [-0.05, 0) is 24.1 Å². The molecule has 134 valence electrons. The number of hydrogen-bond acceptors (Lipinski definition) is 3. The van der Waals surface area contributed by atoms with Crippen LogP contribution in [0, 0.1) is 5.92 Å². The summed E-state index contributed by atoms with van der Waals surface area (Å²) in [5, 5.41) is 3.00. The van der Waals surface area contributed by atoms with E-state index in [4.69, 9.17) is 4.74 Å². The zero-order chi connectivity index (χ0) is 17.9. The fourth-order valence-electron chi connectivity index (χ4n) is 3.79. The van der Waals surface area contributed by atoms with Crippen molar-refractivity contribution in [1.82, 2.24) is 10.2 Å². The van der Waals surface area contributed by atoms with E-state index in [9.17, 15) is 9.59 Å². The Morgan fingerprint density at radius 1 is 1.12 bits per heavy atom. The molecular formula is C21H22N2O3. The lowest BCUT2D eigenvalue weighted by Crippen LogP contribution is -2.47. The van der Waals surface area contributed by atoms with Crippen LogP contribution in [0.1, 0.15) is 28.8 Å². The van der Waals surface area contributed by atoms with Gasteiger partial charge in [0.1, 0.15) is 12.4 Å². The first-order chi connectivity index (χ1) is 12.7. The predicted octanol–water partition coefficient (Wildman–Crippen LogP) is 2.62. The Hall–Kier alpha value is -2.82. The molecule has 0 aliphatic carbocycles. The zero-order valence-corrected chi connectivity index (χ0v) is 14.6. The van der Waals surface area contributed by atoms with Crippen molar-refractivity contribution in [1.29, 1.82) is 0 Å². The zero-order valence-electron chi connectivity index (χ0n) is 14.6. The molecule has 0 spiro atoms. The highest BCUT2D eigenvalue weighted by Crippen LogP contribution is 2.28. The Labute approximate surface area is 153 Å². The molecule has 2 atom stereocenters. The van der Waals surface area contributed by atoms with E-state index in [1.165, 1.54) is 0 Å². The Kier molecular flexibility index (Phi) is 4.61. The largest absolute Gasteiger partial charge is 0.488 e. The van der Waals surface area contributed by atoms with E-state index in [0.717, 1.165) is 12.0 Å². The van der Waals surface area contributed by atoms with Gasteiger partial charge in [0.25, 0.3) is 5.91 Å². The summed E-state index contributed by atoms with van der Waals surface area (Å²) in [6, 6.07) is 17.5. The van der Waals surface area contributed by atoms with Crippen molar-refractivity contribution in [2.75, 3.05) is 13.1 Å². The van der Waals surface area contributed by atoms with E-state index in [1.807, 2.05) is 59.5 Å². The molecule has 4 rings (SSSR count). The van der Waals surface area contributed by atoms with Crippen molar-refractivity contribution in [3.05, 3.63) is 65.7 Å². The predicted molar refractivity (Wildman–Crippen MR) is 97.8 cm³/mol. The third kappa shape index (κ3) is 3.43. The normalized spacial score (nSPS) is 21.8. The van der Waals surface area contributed by atoms with E-state index in [1.54, 1.807) is 0 Å². The van der Waals surface area contributed by atoms with Crippen molar-refractivity contribution in [2.45, 2.75) is 25.5 Å². The fourth-order valence-corrected chi connectivity index (χ4v) is 3.79. The summed E-state index contributed by atoms with van der Waals surface area (Å²) >= 11 is 0. The molecule has 2 aliphatic rings. The number of carbonyl (C=O) groups excluding carboxylic acids is 2. The summed E-state index contributed by atoms with van der Waals surface area (Å²) in [7, 11) is 0. The average Bonchev–Trinajstić information content (AvgIpc) is 3.06. The van der Waals surface area contributed by atoms with E-state index in [0.29, 0.717) is 37.4 Å². The minimum atomic E-state index is -0.0218. The van der Waals surface area contributed by atoms with Crippen molar-refractivity contribution < 1.29 is 14.3 Å². The monoisotopic (exact) mass is 350 g/mol. The molecule has 5 heteroatoms. The van der Waals surface area contributed by atoms with Gasteiger partial charge in [0.05, 0.1) is 5.56 Å². The first-order valence-electron chi connectivity index (χ1n) is 9.05. The summed E-state index contributed by atoms with van der Waals surface area (Å²) in [4.78, 5) is 26.5. The number of para-hydroxylation sites is 1. The highest BCUT2D eigenvalue weighted by molar-refractivity contribution is 5.97. The number of fused-ring (bicyclic) bond motifs is 1. The number of amides is 2. The summed E-state index contributed by atoms with van der Waals surface area (Å²) < 4.78 is 5.92. The van der Waals surface area contributed by atoms with Crippen LogP contribution in [0.5, 0.6) is 5.75 Å². The van der Waals surface area contributed by atoms with Gasteiger partial charge in [0.2, 0.25) is 5.91 Å². The van der Waals surface area contributed by atoms with Gasteiger partial charge < -0.3 is 15.0 Å². The van der Waals surface area contributed by atoms with Gasteiger partial charge in [0, 0.05) is 31.5 Å². The number of piperidine rings is 1. The maximum Gasteiger partial charge on any atom is 0.257 e. The number of rotatable bonds is 4. The number of ether oxygens (including phenoxy) is 1. The Morgan fingerprint density at radius 2 is 1.88 bits per heavy atom. The van der Waals surface area contributed by atoms with Crippen LogP contribution in [0.4, 0.5) is 0 Å². The number of benzene rings is 2. The minimum absolute atomic E-state index is 0.0218. The van der Waals surface area contributed by atoms with E-state index < -0.39 is 0 Å². The lowest BCUT2D eigenvalue weighted by atomic mass is 9.93. The lowest BCUT2D eigenvalue weighted by molar-refractivity contribution is -0.119. The quantitative estimate of drug-likeness (QED) is 0.922. The Morgan fingerprint density at radius 3 is 2.73 bits per heavy atom. The Balaban J connectivity index is 1.47. The molecule has 0 aromatic heterocycles. The average molecular weight is 350 g/mol. The number of carbonyl (C=O) groups is 2. The standard InChI is InChI=1S/C21H22N2O3/c24-20-12-16-13-23(11-10-18(16)22-20)21(25)17-8-4-5-9-19(17)26-14-15-6-2-1-3-7-15/h1-9,16,18H,10-14H2,(H,22,24)/t16-,18+/m1/s1. The second kappa shape index (κ2) is 7.20. The summed E-state index contributed by atoms with van der Waals surface area (Å²) in [6.45, 7) is 1.71. The summed E-state index contributed by atoms with van der Waals surface area (Å²) in [5.74, 6) is 0.897. The van der Waals surface area contributed by atoms with E-state index in [2.05, 4.69) is 5.32 Å². The molecule has 2 heterocycles. The number of nitrogens with zero attached hydrogens (tertiary/aromatic N) is 1. The molecule has 26 heavy (non-hydrogen) atoms. The molecule has 2 aromatic rings. The van der Waals surface area contributed by atoms with Crippen LogP contribution in [0.3, 0.4) is 0 Å². The summed E-state index contributed by atoms with van der Waals surface area (Å²) in [6.07, 6.45) is 1.33. The minimum Gasteiger partial charge on any atom is -0.488 e. The molecule has 0 radical (unpaired) electrons. The van der Waals surface area contributed by atoms with Gasteiger partial charge in [-0.25, -0.2) is 0 Å². The second-order valence-electron chi connectivity index (χ2n) is 6.95. The van der Waals surface area contributed by atoms with E-state index in [-0.39, 0.29) is 23.8 Å². The van der Waals surface area contributed by atoms with E-state index >= 15 is 0 Å². The number of hydrogen-bond donors (Lipinski definition) is 1. The molecular weight excluding hydrogens is 328 g/mol. The van der Waals surface area contributed by atoms with Crippen LogP contribution >= 0.6 is 0 Å². The maximum absolute atomic E-state index is 13.0. The van der Waals surface area contributed by atoms with Crippen LogP contribution in [-0.2, 0) is 11.4 Å². The third-order valence-electron chi connectivity index (χ3n) is 5.17. The van der Waals surface area contributed by atoms with Crippen LogP contribution in [0.2, 0.25) is 0 Å². The smallest absolute Gasteiger partial charge is 0.257 e. The van der Waals surface area contributed by atoms with Gasteiger partial charge in [-0.2, -0.15) is 0 Å². The topological polar surface area (TPSA) is 58.6 Å². The molecule has 0 unspecified atom stereocenters. The van der Waals surface area contributed by atoms with Gasteiger partial charge in [-0.3, -0.25) is 9.59 Å². The lowest BCUT2D eigenvalue weighted by Gasteiger charge is -2.34. The SMILES string of the molecule is O=C1C[C@@H]2CN(C(=O)c3ccccc3OCc3ccccc3)CC[C@@H]2N1. The molecule has 2 amide bonds. The maximum atomic E-state index is 13.0. The first-order valence-corrected chi connectivity index (χ1v) is 9.05. The van der Waals surface area contributed by atoms with Crippen LogP contribution in [0.15, 0.2) is 54.6 Å². The molecule has 2 aromatic carbocycles. The van der Waals surface area contributed by atoms with Crippen molar-refractivity contribution in [2.24, 2.45) is 5.92 Å². The van der Waals surface area contributed by atoms with Crippen LogP contribution < -0.4 is 10.1 Å². The highest BCUT2D eigenvalue weighted by atomic mass is 16.5. The summed E-state index contributed by atoms with van der Waals surface area (Å²) in [5.41, 5.74) is 1.64. The van der Waals surface area contributed by atoms with Crippen LogP contribution in [0.25, 0.3) is 0 Å². The Bertz CT molecular complexity index is 806. The molecule has 1 N–H and O–H groups in total. The molecule has 5 nitrogen and oxygen atoms in total. The number of likely N-dealkylation sites (tertiary alicyclic amines) is 1. The highest BCUT2D eigenvalue weighted by Gasteiger charge is 2.38. The van der Waals surface area contributed by atoms with Crippen molar-refractivity contribution in [3.8, 4) is 5.75 Å². The molecule has 0 saturated carbocycles. The molecule has 0 bridgehead atoms.